The largest absolute Gasteiger partial charge is 0.481 e. The number of benzene rings is 2. The van der Waals surface area contributed by atoms with Crippen molar-refractivity contribution in [2.75, 3.05) is 0 Å². The Kier molecular flexibility index (Phi) is 3.45. The molecule has 112 valence electrons. The maximum Gasteiger partial charge on any atom is 0.309 e. The molecule has 0 aliphatic rings. The minimum atomic E-state index is -0.846. The highest BCUT2D eigenvalue weighted by atomic mass is 16.4. The number of hydrogen-bond acceptors (Lipinski definition) is 2. The molecule has 0 saturated carbocycles. The molecule has 4 heteroatoms. The molecule has 0 saturated heterocycles. The lowest BCUT2D eigenvalue weighted by Crippen LogP contribution is -2.06. The van der Waals surface area contributed by atoms with Crippen molar-refractivity contribution < 1.29 is 9.90 Å². The Hall–Kier alpha value is -2.62. The lowest BCUT2D eigenvalue weighted by Gasteiger charge is -2.06. The Morgan fingerprint density at radius 3 is 2.50 bits per heavy atom. The van der Waals surface area contributed by atoms with E-state index < -0.39 is 5.97 Å². The van der Waals surface area contributed by atoms with Gasteiger partial charge in [-0.05, 0) is 19.4 Å². The van der Waals surface area contributed by atoms with Crippen LogP contribution in [0.15, 0.2) is 36.4 Å². The molecular weight excluding hydrogens is 276 g/mol. The summed E-state index contributed by atoms with van der Waals surface area (Å²) in [5.41, 5.74) is 6.14. The second kappa shape index (κ2) is 5.30. The first-order valence-electron chi connectivity index (χ1n) is 7.21. The van der Waals surface area contributed by atoms with Crippen LogP contribution in [0.1, 0.15) is 16.8 Å². The summed E-state index contributed by atoms with van der Waals surface area (Å²) in [6, 6.07) is 12.3. The van der Waals surface area contributed by atoms with E-state index in [-0.39, 0.29) is 6.42 Å². The van der Waals surface area contributed by atoms with Crippen LogP contribution < -0.4 is 0 Å². The van der Waals surface area contributed by atoms with Gasteiger partial charge in [0.2, 0.25) is 0 Å². The summed E-state index contributed by atoms with van der Waals surface area (Å²) < 4.78 is 1.67. The predicted molar refractivity (Wildman–Crippen MR) is 87.0 cm³/mol. The molecule has 0 unspecified atom stereocenters. The molecule has 0 spiro atoms. The molecule has 2 aromatic carbocycles. The number of carbonyl (C=O) groups is 1. The van der Waals surface area contributed by atoms with Crippen molar-refractivity contribution in [3.05, 3.63) is 53.2 Å². The lowest BCUT2D eigenvalue weighted by atomic mass is 9.98. The highest BCUT2D eigenvalue weighted by Crippen LogP contribution is 2.31. The topological polar surface area (TPSA) is 55.1 Å². The first-order chi connectivity index (χ1) is 10.5. The molecule has 1 N–H and O–H groups in total. The SMILES string of the molecule is Cc1cc(C)cc(-c2cccc3c(CC(=O)O)n(C)nc23)c1. The van der Waals surface area contributed by atoms with E-state index in [1.165, 1.54) is 11.1 Å². The number of fused-ring (bicyclic) bond motifs is 1. The summed E-state index contributed by atoms with van der Waals surface area (Å²) in [7, 11) is 1.80. The molecule has 0 bridgehead atoms. The van der Waals surface area contributed by atoms with Crippen LogP contribution in [0, 0.1) is 13.8 Å². The van der Waals surface area contributed by atoms with Crippen LogP contribution >= 0.6 is 0 Å². The summed E-state index contributed by atoms with van der Waals surface area (Å²) in [5, 5.41) is 14.5. The van der Waals surface area contributed by atoms with Gasteiger partial charge in [0.15, 0.2) is 0 Å². The quantitative estimate of drug-likeness (QED) is 0.804. The average Bonchev–Trinajstić information content (AvgIpc) is 2.73. The van der Waals surface area contributed by atoms with Gasteiger partial charge < -0.3 is 5.11 Å². The Morgan fingerprint density at radius 1 is 1.18 bits per heavy atom. The number of carboxylic acid groups (broad SMARTS) is 1. The molecule has 1 aromatic heterocycles. The van der Waals surface area contributed by atoms with Crippen molar-refractivity contribution in [1.82, 2.24) is 9.78 Å². The van der Waals surface area contributed by atoms with E-state index in [1.807, 2.05) is 18.2 Å². The van der Waals surface area contributed by atoms with Gasteiger partial charge in [0.1, 0.15) is 5.52 Å². The zero-order chi connectivity index (χ0) is 15.9. The monoisotopic (exact) mass is 294 g/mol. The molecule has 1 heterocycles. The summed E-state index contributed by atoms with van der Waals surface area (Å²) in [6.07, 6.45) is -0.0245. The average molecular weight is 294 g/mol. The van der Waals surface area contributed by atoms with E-state index in [0.29, 0.717) is 0 Å². The van der Waals surface area contributed by atoms with E-state index in [9.17, 15) is 4.79 Å². The third-order valence-electron chi connectivity index (χ3n) is 3.84. The fourth-order valence-electron chi connectivity index (χ4n) is 2.98. The van der Waals surface area contributed by atoms with Crippen LogP contribution in [0.2, 0.25) is 0 Å². The first-order valence-corrected chi connectivity index (χ1v) is 7.21. The lowest BCUT2D eigenvalue weighted by molar-refractivity contribution is -0.136. The molecule has 0 radical (unpaired) electrons. The Bertz CT molecular complexity index is 858. The van der Waals surface area contributed by atoms with Crippen molar-refractivity contribution in [1.29, 1.82) is 0 Å². The predicted octanol–water partition coefficient (Wildman–Crippen LogP) is 3.48. The second-order valence-corrected chi connectivity index (χ2v) is 5.72. The van der Waals surface area contributed by atoms with E-state index >= 15 is 0 Å². The van der Waals surface area contributed by atoms with Gasteiger partial charge in [-0.3, -0.25) is 9.48 Å². The second-order valence-electron chi connectivity index (χ2n) is 5.72. The number of aliphatic carboxylic acids is 1. The van der Waals surface area contributed by atoms with Crippen LogP contribution in [0.3, 0.4) is 0 Å². The maximum absolute atomic E-state index is 11.1. The number of rotatable bonds is 3. The smallest absolute Gasteiger partial charge is 0.309 e. The van der Waals surface area contributed by atoms with Crippen LogP contribution in [0.25, 0.3) is 22.0 Å². The van der Waals surface area contributed by atoms with Crippen molar-refractivity contribution in [2.45, 2.75) is 20.3 Å². The van der Waals surface area contributed by atoms with E-state index in [0.717, 1.165) is 27.7 Å². The normalized spacial score (nSPS) is 11.0. The van der Waals surface area contributed by atoms with Gasteiger partial charge in [-0.1, -0.05) is 47.5 Å². The van der Waals surface area contributed by atoms with E-state index in [2.05, 4.69) is 37.1 Å². The third kappa shape index (κ3) is 2.48. The Balaban J connectivity index is 2.25. The summed E-state index contributed by atoms with van der Waals surface area (Å²) >= 11 is 0. The zero-order valence-corrected chi connectivity index (χ0v) is 12.9. The van der Waals surface area contributed by atoms with Gasteiger partial charge in [-0.15, -0.1) is 0 Å². The van der Waals surface area contributed by atoms with Crippen LogP contribution in [-0.4, -0.2) is 20.9 Å². The number of aryl methyl sites for hydroxylation is 3. The fraction of sp³-hybridized carbons (Fsp3) is 0.222. The summed E-state index contributed by atoms with van der Waals surface area (Å²) in [4.78, 5) is 11.1. The first kappa shape index (κ1) is 14.3. The molecule has 3 aromatic rings. The fourth-order valence-corrected chi connectivity index (χ4v) is 2.98. The molecule has 0 fully saturated rings. The highest BCUT2D eigenvalue weighted by molar-refractivity contribution is 5.96. The number of nitrogens with zero attached hydrogens (tertiary/aromatic N) is 2. The van der Waals surface area contributed by atoms with E-state index in [1.54, 1.807) is 11.7 Å². The van der Waals surface area contributed by atoms with Gasteiger partial charge in [0, 0.05) is 18.0 Å². The van der Waals surface area contributed by atoms with Crippen LogP contribution in [-0.2, 0) is 18.3 Å². The number of aromatic nitrogens is 2. The molecule has 0 aliphatic carbocycles. The van der Waals surface area contributed by atoms with Crippen LogP contribution in [0.4, 0.5) is 0 Å². The van der Waals surface area contributed by atoms with Crippen molar-refractivity contribution >= 4 is 16.9 Å². The van der Waals surface area contributed by atoms with E-state index in [4.69, 9.17) is 5.11 Å². The molecular formula is C18H18N2O2. The van der Waals surface area contributed by atoms with Crippen molar-refractivity contribution in [3.63, 3.8) is 0 Å². The van der Waals surface area contributed by atoms with Crippen LogP contribution in [0.5, 0.6) is 0 Å². The highest BCUT2D eigenvalue weighted by Gasteiger charge is 2.15. The van der Waals surface area contributed by atoms with Crippen molar-refractivity contribution in [2.24, 2.45) is 7.05 Å². The summed E-state index contributed by atoms with van der Waals surface area (Å²) in [6.45, 7) is 4.15. The van der Waals surface area contributed by atoms with Gasteiger partial charge in [0.05, 0.1) is 12.1 Å². The summed E-state index contributed by atoms with van der Waals surface area (Å²) in [5.74, 6) is -0.846. The minimum Gasteiger partial charge on any atom is -0.481 e. The molecule has 4 nitrogen and oxygen atoms in total. The van der Waals surface area contributed by atoms with Gasteiger partial charge >= 0.3 is 5.97 Å². The minimum absolute atomic E-state index is 0.0245. The number of carboxylic acids is 1. The van der Waals surface area contributed by atoms with Gasteiger partial charge in [0.25, 0.3) is 0 Å². The van der Waals surface area contributed by atoms with Gasteiger partial charge in [-0.2, -0.15) is 5.10 Å². The Morgan fingerprint density at radius 2 is 1.86 bits per heavy atom. The molecule has 0 atom stereocenters. The van der Waals surface area contributed by atoms with Gasteiger partial charge in [-0.25, -0.2) is 0 Å². The standard InChI is InChI=1S/C18H18N2O2/c1-11-7-12(2)9-13(8-11)14-5-4-6-15-16(10-17(21)22)20(3)19-18(14)15/h4-9H,10H2,1-3H3,(H,21,22). The maximum atomic E-state index is 11.1. The molecule has 0 amide bonds. The Labute approximate surface area is 129 Å². The van der Waals surface area contributed by atoms with Crippen molar-refractivity contribution in [3.8, 4) is 11.1 Å². The molecule has 0 aliphatic heterocycles. The zero-order valence-electron chi connectivity index (χ0n) is 12.9. The molecule has 22 heavy (non-hydrogen) atoms. The molecule has 3 rings (SSSR count). The third-order valence-corrected chi connectivity index (χ3v) is 3.84. The number of hydrogen-bond donors (Lipinski definition) is 1.